The van der Waals surface area contributed by atoms with Crippen LogP contribution in [0.3, 0.4) is 0 Å². The van der Waals surface area contributed by atoms with Crippen LogP contribution in [0.4, 0.5) is 0 Å². The van der Waals surface area contributed by atoms with E-state index in [2.05, 4.69) is 38.4 Å². The average Bonchev–Trinajstić information content (AvgIpc) is 2.79. The van der Waals surface area contributed by atoms with Crippen LogP contribution in [0.25, 0.3) is 11.4 Å². The first-order valence-electron chi connectivity index (χ1n) is 10.6. The SMILES string of the molecule is CN(C)Cc1cc(-c2ncccn2)ccc1OCC(=O)NC1CCCc2ccccc21. The second-order valence-corrected chi connectivity index (χ2v) is 8.13. The number of benzene rings is 2. The molecule has 0 spiro atoms. The Labute approximate surface area is 183 Å². The summed E-state index contributed by atoms with van der Waals surface area (Å²) < 4.78 is 5.94. The molecule has 3 aromatic rings. The van der Waals surface area contributed by atoms with E-state index in [1.165, 1.54) is 11.1 Å². The molecular weight excluding hydrogens is 388 g/mol. The number of nitrogens with zero attached hydrogens (tertiary/aromatic N) is 3. The third-order valence-corrected chi connectivity index (χ3v) is 5.43. The van der Waals surface area contributed by atoms with Crippen molar-refractivity contribution in [3.8, 4) is 17.1 Å². The minimum absolute atomic E-state index is 0.0136. The maximum Gasteiger partial charge on any atom is 0.258 e. The highest BCUT2D eigenvalue weighted by Crippen LogP contribution is 2.29. The number of ether oxygens (including phenoxy) is 1. The highest BCUT2D eigenvalue weighted by atomic mass is 16.5. The van der Waals surface area contributed by atoms with Crippen LogP contribution < -0.4 is 10.1 Å². The number of amides is 1. The predicted molar refractivity (Wildman–Crippen MR) is 121 cm³/mol. The van der Waals surface area contributed by atoms with Crippen LogP contribution in [0.1, 0.15) is 35.6 Å². The maximum absolute atomic E-state index is 12.6. The van der Waals surface area contributed by atoms with Crippen molar-refractivity contribution in [2.24, 2.45) is 0 Å². The summed E-state index contributed by atoms with van der Waals surface area (Å²) in [5, 5.41) is 3.15. The number of fused-ring (bicyclic) bond motifs is 1. The van der Waals surface area contributed by atoms with Gasteiger partial charge in [0.15, 0.2) is 12.4 Å². The van der Waals surface area contributed by atoms with E-state index < -0.39 is 0 Å². The number of carbonyl (C=O) groups excluding carboxylic acids is 1. The van der Waals surface area contributed by atoms with Crippen molar-refractivity contribution < 1.29 is 9.53 Å². The molecule has 1 unspecified atom stereocenters. The molecule has 0 bridgehead atoms. The monoisotopic (exact) mass is 416 g/mol. The number of aromatic nitrogens is 2. The van der Waals surface area contributed by atoms with Crippen molar-refractivity contribution >= 4 is 5.91 Å². The summed E-state index contributed by atoms with van der Waals surface area (Å²) in [6.45, 7) is 0.675. The van der Waals surface area contributed by atoms with Gasteiger partial charge < -0.3 is 15.0 Å². The molecule has 0 saturated heterocycles. The number of rotatable bonds is 7. The number of nitrogens with one attached hydrogen (secondary N) is 1. The highest BCUT2D eigenvalue weighted by molar-refractivity contribution is 5.78. The summed E-state index contributed by atoms with van der Waals surface area (Å²) in [6.07, 6.45) is 6.57. The first-order chi connectivity index (χ1) is 15.1. The van der Waals surface area contributed by atoms with Gasteiger partial charge in [0.25, 0.3) is 5.91 Å². The van der Waals surface area contributed by atoms with E-state index in [4.69, 9.17) is 4.74 Å². The van der Waals surface area contributed by atoms with Crippen molar-refractivity contribution in [1.29, 1.82) is 0 Å². The molecule has 31 heavy (non-hydrogen) atoms. The zero-order valence-corrected chi connectivity index (χ0v) is 18.0. The molecule has 1 aliphatic carbocycles. The molecular formula is C25H28N4O2. The molecule has 1 N–H and O–H groups in total. The standard InChI is InChI=1S/C25H28N4O2/c1-29(2)16-20-15-19(25-26-13-6-14-27-25)11-12-23(20)31-17-24(30)28-22-10-5-8-18-7-3-4-9-21(18)22/h3-4,6-7,9,11-15,22H,5,8,10,16-17H2,1-2H3,(H,28,30). The van der Waals surface area contributed by atoms with Gasteiger partial charge in [-0.05, 0) is 68.8 Å². The second kappa shape index (κ2) is 9.71. The van der Waals surface area contributed by atoms with Crippen molar-refractivity contribution in [2.75, 3.05) is 20.7 Å². The van der Waals surface area contributed by atoms with Crippen molar-refractivity contribution in [3.05, 3.63) is 77.6 Å². The Bertz CT molecular complexity index is 1040. The van der Waals surface area contributed by atoms with Gasteiger partial charge in [0.05, 0.1) is 6.04 Å². The van der Waals surface area contributed by atoms with Gasteiger partial charge in [0.2, 0.25) is 0 Å². The molecule has 1 aromatic heterocycles. The Morgan fingerprint density at radius 3 is 2.74 bits per heavy atom. The third-order valence-electron chi connectivity index (χ3n) is 5.43. The average molecular weight is 417 g/mol. The minimum atomic E-state index is -0.104. The van der Waals surface area contributed by atoms with Gasteiger partial charge in [-0.3, -0.25) is 4.79 Å². The molecule has 2 aromatic carbocycles. The van der Waals surface area contributed by atoms with Crippen LogP contribution in [-0.2, 0) is 17.8 Å². The Hall–Kier alpha value is -3.25. The van der Waals surface area contributed by atoms with Crippen LogP contribution in [0.5, 0.6) is 5.75 Å². The molecule has 0 radical (unpaired) electrons. The van der Waals surface area contributed by atoms with Gasteiger partial charge in [-0.2, -0.15) is 0 Å². The van der Waals surface area contributed by atoms with E-state index in [1.807, 2.05) is 38.4 Å². The molecule has 0 saturated carbocycles. The normalized spacial score (nSPS) is 15.4. The van der Waals surface area contributed by atoms with Gasteiger partial charge in [-0.15, -0.1) is 0 Å². The fraction of sp³-hybridized carbons (Fsp3) is 0.320. The van der Waals surface area contributed by atoms with Gasteiger partial charge >= 0.3 is 0 Å². The first kappa shape index (κ1) is 21.0. The Morgan fingerprint density at radius 2 is 1.94 bits per heavy atom. The van der Waals surface area contributed by atoms with Crippen molar-refractivity contribution in [1.82, 2.24) is 20.2 Å². The largest absolute Gasteiger partial charge is 0.483 e. The van der Waals surface area contributed by atoms with E-state index in [-0.39, 0.29) is 18.6 Å². The summed E-state index contributed by atoms with van der Waals surface area (Å²) in [5.74, 6) is 1.27. The molecule has 0 aliphatic heterocycles. The molecule has 160 valence electrons. The lowest BCUT2D eigenvalue weighted by Crippen LogP contribution is -2.34. The topological polar surface area (TPSA) is 67.3 Å². The fourth-order valence-electron chi connectivity index (χ4n) is 4.05. The number of hydrogen-bond donors (Lipinski definition) is 1. The summed E-state index contributed by atoms with van der Waals surface area (Å²) in [7, 11) is 4.01. The summed E-state index contributed by atoms with van der Waals surface area (Å²) in [6, 6.07) is 16.1. The molecule has 4 rings (SSSR count). The van der Waals surface area contributed by atoms with Gasteiger partial charge in [-0.1, -0.05) is 24.3 Å². The lowest BCUT2D eigenvalue weighted by Gasteiger charge is -2.26. The number of aryl methyl sites for hydroxylation is 1. The molecule has 1 atom stereocenters. The lowest BCUT2D eigenvalue weighted by atomic mass is 9.88. The van der Waals surface area contributed by atoms with Gasteiger partial charge in [0.1, 0.15) is 5.75 Å². The van der Waals surface area contributed by atoms with E-state index in [0.717, 1.165) is 30.4 Å². The van der Waals surface area contributed by atoms with Crippen molar-refractivity contribution in [2.45, 2.75) is 31.8 Å². The van der Waals surface area contributed by atoms with Crippen LogP contribution in [-0.4, -0.2) is 41.5 Å². The Balaban J connectivity index is 1.44. The number of carbonyl (C=O) groups is 1. The third kappa shape index (κ3) is 5.27. The molecule has 0 fully saturated rings. The van der Waals surface area contributed by atoms with Crippen LogP contribution in [0, 0.1) is 0 Å². The summed E-state index contributed by atoms with van der Waals surface area (Å²) in [5.41, 5.74) is 4.47. The lowest BCUT2D eigenvalue weighted by molar-refractivity contribution is -0.124. The van der Waals surface area contributed by atoms with Crippen LogP contribution in [0.2, 0.25) is 0 Å². The zero-order chi connectivity index (χ0) is 21.6. The van der Waals surface area contributed by atoms with Crippen LogP contribution in [0.15, 0.2) is 60.9 Å². The quantitative estimate of drug-likeness (QED) is 0.635. The fourth-order valence-corrected chi connectivity index (χ4v) is 4.05. The summed E-state index contributed by atoms with van der Waals surface area (Å²) in [4.78, 5) is 23.4. The first-order valence-corrected chi connectivity index (χ1v) is 10.6. The molecule has 6 nitrogen and oxygen atoms in total. The number of hydrogen-bond acceptors (Lipinski definition) is 5. The highest BCUT2D eigenvalue weighted by Gasteiger charge is 2.21. The van der Waals surface area contributed by atoms with E-state index in [9.17, 15) is 4.79 Å². The maximum atomic E-state index is 12.6. The molecule has 1 aliphatic rings. The summed E-state index contributed by atoms with van der Waals surface area (Å²) >= 11 is 0. The molecule has 1 amide bonds. The van der Waals surface area contributed by atoms with Crippen LogP contribution >= 0.6 is 0 Å². The zero-order valence-electron chi connectivity index (χ0n) is 18.0. The Morgan fingerprint density at radius 1 is 1.13 bits per heavy atom. The van der Waals surface area contributed by atoms with E-state index in [0.29, 0.717) is 18.1 Å². The Kier molecular flexibility index (Phi) is 6.57. The van der Waals surface area contributed by atoms with E-state index in [1.54, 1.807) is 18.5 Å². The predicted octanol–water partition coefficient (Wildman–Crippen LogP) is 3.78. The molecule has 1 heterocycles. The smallest absolute Gasteiger partial charge is 0.258 e. The van der Waals surface area contributed by atoms with Gasteiger partial charge in [-0.25, -0.2) is 9.97 Å². The van der Waals surface area contributed by atoms with Gasteiger partial charge in [0, 0.05) is 30.1 Å². The van der Waals surface area contributed by atoms with E-state index >= 15 is 0 Å². The second-order valence-electron chi connectivity index (χ2n) is 8.13. The molecule has 6 heteroatoms. The minimum Gasteiger partial charge on any atom is -0.483 e. The van der Waals surface area contributed by atoms with Crippen molar-refractivity contribution in [3.63, 3.8) is 0 Å².